The van der Waals surface area contributed by atoms with Gasteiger partial charge >= 0.3 is 0 Å². The van der Waals surface area contributed by atoms with Crippen molar-refractivity contribution in [2.75, 3.05) is 31.3 Å². The molecular formula is C11H22N2O3S. The van der Waals surface area contributed by atoms with E-state index in [4.69, 9.17) is 10.5 Å². The number of amides is 1. The first-order chi connectivity index (χ1) is 8.13. The number of nitrogens with one attached hydrogen (secondary N) is 1. The topological polar surface area (TPSA) is 81.4 Å². The molecule has 6 heteroatoms. The third-order valence-electron chi connectivity index (χ3n) is 2.86. The van der Waals surface area contributed by atoms with Crippen molar-refractivity contribution in [1.82, 2.24) is 5.32 Å². The Morgan fingerprint density at radius 1 is 1.65 bits per heavy atom. The van der Waals surface area contributed by atoms with Gasteiger partial charge in [0.25, 0.3) is 0 Å². The molecule has 17 heavy (non-hydrogen) atoms. The van der Waals surface area contributed by atoms with Crippen LogP contribution in [0, 0.1) is 5.92 Å². The number of hydrogen-bond donors (Lipinski definition) is 2. The summed E-state index contributed by atoms with van der Waals surface area (Å²) in [6, 6.07) is 0.164. The number of primary amides is 1. The Morgan fingerprint density at radius 2 is 2.41 bits per heavy atom. The van der Waals surface area contributed by atoms with Crippen molar-refractivity contribution >= 4 is 16.7 Å². The fourth-order valence-electron chi connectivity index (χ4n) is 1.98. The van der Waals surface area contributed by atoms with Crippen LogP contribution in [0.4, 0.5) is 0 Å². The second kappa shape index (κ2) is 7.79. The van der Waals surface area contributed by atoms with Gasteiger partial charge < -0.3 is 15.8 Å². The molecule has 0 bridgehead atoms. The number of carbonyl (C=O) groups excluding carboxylic acids is 1. The van der Waals surface area contributed by atoms with Crippen LogP contribution in [0.1, 0.15) is 19.8 Å². The van der Waals surface area contributed by atoms with Crippen molar-refractivity contribution in [1.29, 1.82) is 0 Å². The SMILES string of the molecule is CCCNC(CS(=O)CC(N)=O)C1CCOC1. The molecule has 0 aliphatic carbocycles. The number of hydrogen-bond acceptors (Lipinski definition) is 4. The molecule has 1 heterocycles. The van der Waals surface area contributed by atoms with Gasteiger partial charge in [-0.15, -0.1) is 0 Å². The van der Waals surface area contributed by atoms with Crippen LogP contribution in [-0.2, 0) is 20.3 Å². The Labute approximate surface area is 105 Å². The predicted molar refractivity (Wildman–Crippen MR) is 68.1 cm³/mol. The Hall–Kier alpha value is -0.460. The second-order valence-corrected chi connectivity index (χ2v) is 5.90. The lowest BCUT2D eigenvalue weighted by molar-refractivity contribution is -0.115. The van der Waals surface area contributed by atoms with Crippen molar-refractivity contribution in [2.24, 2.45) is 11.7 Å². The van der Waals surface area contributed by atoms with Crippen LogP contribution in [0.5, 0.6) is 0 Å². The van der Waals surface area contributed by atoms with Gasteiger partial charge in [0, 0.05) is 35.1 Å². The van der Waals surface area contributed by atoms with E-state index in [-0.39, 0.29) is 11.8 Å². The van der Waals surface area contributed by atoms with Crippen LogP contribution in [0.3, 0.4) is 0 Å². The largest absolute Gasteiger partial charge is 0.381 e. The molecule has 1 fully saturated rings. The Balaban J connectivity index is 2.44. The molecule has 1 amide bonds. The molecule has 1 aliphatic rings. The number of rotatable bonds is 8. The zero-order valence-electron chi connectivity index (χ0n) is 10.3. The van der Waals surface area contributed by atoms with Gasteiger partial charge in [0.2, 0.25) is 5.91 Å². The van der Waals surface area contributed by atoms with Gasteiger partial charge in [-0.1, -0.05) is 6.92 Å². The van der Waals surface area contributed by atoms with Crippen molar-refractivity contribution in [3.05, 3.63) is 0 Å². The van der Waals surface area contributed by atoms with Crippen LogP contribution in [0.15, 0.2) is 0 Å². The van der Waals surface area contributed by atoms with Crippen molar-refractivity contribution in [3.63, 3.8) is 0 Å². The maximum absolute atomic E-state index is 11.7. The van der Waals surface area contributed by atoms with E-state index in [1.165, 1.54) is 0 Å². The summed E-state index contributed by atoms with van der Waals surface area (Å²) in [5, 5.41) is 3.39. The molecule has 0 aromatic carbocycles. The van der Waals surface area contributed by atoms with Crippen LogP contribution in [0.25, 0.3) is 0 Å². The zero-order valence-corrected chi connectivity index (χ0v) is 11.1. The molecule has 0 radical (unpaired) electrons. The lowest BCUT2D eigenvalue weighted by Crippen LogP contribution is -2.42. The minimum absolute atomic E-state index is 0.0438. The summed E-state index contributed by atoms with van der Waals surface area (Å²) in [4.78, 5) is 10.7. The van der Waals surface area contributed by atoms with E-state index in [0.29, 0.717) is 11.7 Å². The quantitative estimate of drug-likeness (QED) is 0.625. The third-order valence-corrected chi connectivity index (χ3v) is 4.20. The van der Waals surface area contributed by atoms with E-state index in [2.05, 4.69) is 12.2 Å². The molecule has 0 aromatic rings. The lowest BCUT2D eigenvalue weighted by Gasteiger charge is -2.23. The highest BCUT2D eigenvalue weighted by molar-refractivity contribution is 7.85. The standard InChI is InChI=1S/C11H22N2O3S/c1-2-4-13-10(9-3-5-16-6-9)7-17(15)8-11(12)14/h9-10,13H,2-8H2,1H3,(H2,12,14). The molecule has 3 unspecified atom stereocenters. The van der Waals surface area contributed by atoms with E-state index in [1.54, 1.807) is 0 Å². The zero-order chi connectivity index (χ0) is 12.7. The first kappa shape index (κ1) is 14.6. The van der Waals surface area contributed by atoms with E-state index in [0.717, 1.165) is 32.6 Å². The van der Waals surface area contributed by atoms with Crippen molar-refractivity contribution in [3.8, 4) is 0 Å². The first-order valence-electron chi connectivity index (χ1n) is 6.08. The van der Waals surface area contributed by atoms with Gasteiger partial charge in [-0.25, -0.2) is 0 Å². The van der Waals surface area contributed by atoms with Gasteiger partial charge in [0.15, 0.2) is 0 Å². The van der Waals surface area contributed by atoms with Crippen LogP contribution in [-0.4, -0.2) is 47.4 Å². The van der Waals surface area contributed by atoms with Gasteiger partial charge in [-0.3, -0.25) is 9.00 Å². The lowest BCUT2D eigenvalue weighted by atomic mass is 10.0. The molecule has 1 saturated heterocycles. The number of carbonyl (C=O) groups is 1. The summed E-state index contributed by atoms with van der Waals surface area (Å²) < 4.78 is 17.1. The van der Waals surface area contributed by atoms with Gasteiger partial charge in [0.05, 0.1) is 6.61 Å². The fourth-order valence-corrected chi connectivity index (χ4v) is 3.21. The molecule has 0 spiro atoms. The minimum Gasteiger partial charge on any atom is -0.381 e. The van der Waals surface area contributed by atoms with E-state index in [9.17, 15) is 9.00 Å². The molecule has 5 nitrogen and oxygen atoms in total. The van der Waals surface area contributed by atoms with E-state index in [1.807, 2.05) is 0 Å². The van der Waals surface area contributed by atoms with Gasteiger partial charge in [-0.2, -0.15) is 0 Å². The summed E-state index contributed by atoms with van der Waals surface area (Å²) >= 11 is 0. The normalized spacial score (nSPS) is 23.5. The number of ether oxygens (including phenoxy) is 1. The van der Waals surface area contributed by atoms with Crippen LogP contribution < -0.4 is 11.1 Å². The maximum atomic E-state index is 11.7. The van der Waals surface area contributed by atoms with Crippen LogP contribution in [0.2, 0.25) is 0 Å². The van der Waals surface area contributed by atoms with E-state index >= 15 is 0 Å². The summed E-state index contributed by atoms with van der Waals surface area (Å²) in [6.07, 6.45) is 2.03. The van der Waals surface area contributed by atoms with Crippen LogP contribution >= 0.6 is 0 Å². The smallest absolute Gasteiger partial charge is 0.230 e. The van der Waals surface area contributed by atoms with E-state index < -0.39 is 16.7 Å². The maximum Gasteiger partial charge on any atom is 0.230 e. The average molecular weight is 262 g/mol. The van der Waals surface area contributed by atoms with Crippen molar-refractivity contribution in [2.45, 2.75) is 25.8 Å². The minimum atomic E-state index is -1.17. The summed E-state index contributed by atoms with van der Waals surface area (Å²) in [5.41, 5.74) is 5.05. The summed E-state index contributed by atoms with van der Waals surface area (Å²) in [7, 11) is -1.17. The summed E-state index contributed by atoms with van der Waals surface area (Å²) in [5.74, 6) is 0.341. The average Bonchev–Trinajstić information content (AvgIpc) is 2.76. The predicted octanol–water partition coefficient (Wildman–Crippen LogP) is -0.375. The molecule has 0 saturated carbocycles. The monoisotopic (exact) mass is 262 g/mol. The molecule has 100 valence electrons. The highest BCUT2D eigenvalue weighted by atomic mass is 32.2. The molecule has 1 aliphatic heterocycles. The molecule has 1 rings (SSSR count). The molecule has 0 aromatic heterocycles. The third kappa shape index (κ3) is 5.61. The molecular weight excluding hydrogens is 240 g/mol. The number of nitrogens with two attached hydrogens (primary N) is 1. The Bertz CT molecular complexity index is 267. The Morgan fingerprint density at radius 3 is 2.94 bits per heavy atom. The van der Waals surface area contributed by atoms with Gasteiger partial charge in [0.1, 0.15) is 5.75 Å². The molecule has 3 atom stereocenters. The summed E-state index contributed by atoms with van der Waals surface area (Å²) in [6.45, 7) is 4.48. The highest BCUT2D eigenvalue weighted by Gasteiger charge is 2.26. The van der Waals surface area contributed by atoms with Crippen molar-refractivity contribution < 1.29 is 13.7 Å². The molecule has 3 N–H and O–H groups in total. The second-order valence-electron chi connectivity index (χ2n) is 4.40. The first-order valence-corrected chi connectivity index (χ1v) is 7.56. The fraction of sp³-hybridized carbons (Fsp3) is 0.909. The highest BCUT2D eigenvalue weighted by Crippen LogP contribution is 2.17. The van der Waals surface area contributed by atoms with Gasteiger partial charge in [-0.05, 0) is 19.4 Å². The Kier molecular flexibility index (Phi) is 6.69.